The topological polar surface area (TPSA) is 74.2 Å². The standard InChI is InChI=1S/C19H27N5O2/c1-22(2)10-4-11-23-14-9-20-17(23)15-6-12-24(13-7-15)19(26)16-5-3-8-21-18(16)25/h3,5,8-9,14-15H,4,6-7,10-13H2,1-2H3,(H,21,25). The zero-order valence-electron chi connectivity index (χ0n) is 15.5. The van der Waals surface area contributed by atoms with Crippen LogP contribution in [0.2, 0.25) is 0 Å². The Bertz CT molecular complexity index is 787. The normalized spacial score (nSPS) is 15.6. The molecule has 140 valence electrons. The summed E-state index contributed by atoms with van der Waals surface area (Å²) in [4.78, 5) is 35.5. The summed E-state index contributed by atoms with van der Waals surface area (Å²) < 4.78 is 2.24. The summed E-state index contributed by atoms with van der Waals surface area (Å²) in [5.41, 5.74) is -0.104. The van der Waals surface area contributed by atoms with Gasteiger partial charge in [-0.05, 0) is 52.0 Å². The van der Waals surface area contributed by atoms with Gasteiger partial charge in [0.1, 0.15) is 11.4 Å². The predicted molar refractivity (Wildman–Crippen MR) is 100 cm³/mol. The molecule has 1 N–H and O–H groups in total. The number of aryl methyl sites for hydroxylation is 1. The molecule has 1 saturated heterocycles. The Morgan fingerprint density at radius 3 is 2.81 bits per heavy atom. The van der Waals surface area contributed by atoms with Gasteiger partial charge in [-0.25, -0.2) is 4.98 Å². The van der Waals surface area contributed by atoms with Gasteiger partial charge < -0.3 is 19.4 Å². The van der Waals surface area contributed by atoms with Crippen LogP contribution in [0.25, 0.3) is 0 Å². The molecule has 0 radical (unpaired) electrons. The second-order valence-electron chi connectivity index (χ2n) is 7.12. The van der Waals surface area contributed by atoms with E-state index in [4.69, 9.17) is 0 Å². The maximum absolute atomic E-state index is 12.6. The molecule has 3 heterocycles. The number of pyridine rings is 1. The number of rotatable bonds is 6. The van der Waals surface area contributed by atoms with Crippen molar-refractivity contribution in [1.82, 2.24) is 24.3 Å². The number of carbonyl (C=O) groups excluding carboxylic acids is 1. The fraction of sp³-hybridized carbons (Fsp3) is 0.526. The molecule has 0 spiro atoms. The lowest BCUT2D eigenvalue weighted by Crippen LogP contribution is -2.40. The summed E-state index contributed by atoms with van der Waals surface area (Å²) in [5.74, 6) is 1.30. The first-order valence-corrected chi connectivity index (χ1v) is 9.19. The Kier molecular flexibility index (Phi) is 5.88. The number of amides is 1. The van der Waals surface area contributed by atoms with Gasteiger partial charge in [-0.2, -0.15) is 0 Å². The van der Waals surface area contributed by atoms with Crippen LogP contribution in [0, 0.1) is 0 Å². The molecule has 7 heteroatoms. The monoisotopic (exact) mass is 357 g/mol. The van der Waals surface area contributed by atoms with Crippen LogP contribution in [-0.4, -0.2) is 64.0 Å². The van der Waals surface area contributed by atoms with E-state index in [-0.39, 0.29) is 17.0 Å². The van der Waals surface area contributed by atoms with Gasteiger partial charge in [-0.1, -0.05) is 0 Å². The van der Waals surface area contributed by atoms with Crippen LogP contribution in [0.5, 0.6) is 0 Å². The number of carbonyl (C=O) groups is 1. The highest BCUT2D eigenvalue weighted by Gasteiger charge is 2.27. The van der Waals surface area contributed by atoms with Crippen molar-refractivity contribution >= 4 is 5.91 Å². The van der Waals surface area contributed by atoms with Gasteiger partial charge in [-0.15, -0.1) is 0 Å². The van der Waals surface area contributed by atoms with E-state index in [2.05, 4.69) is 33.5 Å². The van der Waals surface area contributed by atoms with Gasteiger partial charge >= 0.3 is 0 Å². The van der Waals surface area contributed by atoms with Crippen molar-refractivity contribution < 1.29 is 4.79 Å². The third-order valence-corrected chi connectivity index (χ3v) is 4.95. The predicted octanol–water partition coefficient (Wildman–Crippen LogP) is 1.54. The fourth-order valence-electron chi connectivity index (χ4n) is 3.53. The summed E-state index contributed by atoms with van der Waals surface area (Å²) in [7, 11) is 4.17. The maximum Gasteiger partial charge on any atom is 0.260 e. The minimum Gasteiger partial charge on any atom is -0.338 e. The number of piperidine rings is 1. The van der Waals surface area contributed by atoms with E-state index >= 15 is 0 Å². The number of hydrogen-bond donors (Lipinski definition) is 1. The van der Waals surface area contributed by atoms with E-state index in [1.54, 1.807) is 23.2 Å². The highest BCUT2D eigenvalue weighted by Crippen LogP contribution is 2.27. The minimum absolute atomic E-state index is 0.181. The van der Waals surface area contributed by atoms with Crippen molar-refractivity contribution in [2.45, 2.75) is 31.7 Å². The van der Waals surface area contributed by atoms with Gasteiger partial charge in [0.2, 0.25) is 0 Å². The summed E-state index contributed by atoms with van der Waals surface area (Å²) in [6.07, 6.45) is 8.30. The van der Waals surface area contributed by atoms with Crippen LogP contribution < -0.4 is 5.56 Å². The number of H-pyrrole nitrogens is 1. The van der Waals surface area contributed by atoms with Gasteiger partial charge in [0.05, 0.1) is 0 Å². The number of nitrogens with one attached hydrogen (secondary N) is 1. The van der Waals surface area contributed by atoms with Crippen LogP contribution in [0.3, 0.4) is 0 Å². The first-order chi connectivity index (χ1) is 12.6. The molecule has 0 aromatic carbocycles. The smallest absolute Gasteiger partial charge is 0.260 e. The van der Waals surface area contributed by atoms with Crippen LogP contribution in [0.4, 0.5) is 0 Å². The Hall–Kier alpha value is -2.41. The first-order valence-electron chi connectivity index (χ1n) is 9.19. The average Bonchev–Trinajstić information content (AvgIpc) is 3.10. The summed E-state index contributed by atoms with van der Waals surface area (Å²) in [6.45, 7) is 3.33. The van der Waals surface area contributed by atoms with E-state index < -0.39 is 0 Å². The van der Waals surface area contributed by atoms with Crippen molar-refractivity contribution in [1.29, 1.82) is 0 Å². The number of hydrogen-bond acceptors (Lipinski definition) is 4. The number of imidazole rings is 1. The molecule has 0 unspecified atom stereocenters. The van der Waals surface area contributed by atoms with Crippen LogP contribution in [0.15, 0.2) is 35.5 Å². The third-order valence-electron chi connectivity index (χ3n) is 4.95. The fourth-order valence-corrected chi connectivity index (χ4v) is 3.53. The van der Waals surface area contributed by atoms with Gasteiger partial charge in [0.25, 0.3) is 11.5 Å². The highest BCUT2D eigenvalue weighted by molar-refractivity contribution is 5.93. The molecule has 0 bridgehead atoms. The van der Waals surface area contributed by atoms with Crippen molar-refractivity contribution in [3.05, 3.63) is 52.5 Å². The Labute approximate surface area is 153 Å². The third kappa shape index (κ3) is 4.22. The average molecular weight is 357 g/mol. The molecule has 2 aromatic heterocycles. The Balaban J connectivity index is 1.59. The summed E-state index contributed by atoms with van der Waals surface area (Å²) >= 11 is 0. The van der Waals surface area contributed by atoms with Crippen LogP contribution >= 0.6 is 0 Å². The number of aromatic amines is 1. The van der Waals surface area contributed by atoms with Crippen molar-refractivity contribution in [2.75, 3.05) is 33.7 Å². The lowest BCUT2D eigenvalue weighted by Gasteiger charge is -2.32. The zero-order chi connectivity index (χ0) is 18.5. The lowest BCUT2D eigenvalue weighted by molar-refractivity contribution is 0.0708. The number of nitrogens with zero attached hydrogens (tertiary/aromatic N) is 4. The van der Waals surface area contributed by atoms with E-state index in [1.165, 1.54) is 0 Å². The molecule has 7 nitrogen and oxygen atoms in total. The second kappa shape index (κ2) is 8.31. The molecule has 1 aliphatic heterocycles. The molecule has 2 aromatic rings. The second-order valence-corrected chi connectivity index (χ2v) is 7.12. The number of aromatic nitrogens is 3. The molecular formula is C19H27N5O2. The van der Waals surface area contributed by atoms with Crippen LogP contribution in [-0.2, 0) is 6.54 Å². The summed E-state index contributed by atoms with van der Waals surface area (Å²) in [5, 5.41) is 0. The minimum atomic E-state index is -0.323. The molecule has 26 heavy (non-hydrogen) atoms. The summed E-state index contributed by atoms with van der Waals surface area (Å²) in [6, 6.07) is 3.27. The lowest BCUT2D eigenvalue weighted by atomic mass is 9.95. The molecule has 3 rings (SSSR count). The van der Waals surface area contributed by atoms with Crippen molar-refractivity contribution in [3.8, 4) is 0 Å². The van der Waals surface area contributed by atoms with Crippen molar-refractivity contribution in [3.63, 3.8) is 0 Å². The van der Waals surface area contributed by atoms with Crippen LogP contribution in [0.1, 0.15) is 41.4 Å². The first kappa shape index (κ1) is 18.4. The highest BCUT2D eigenvalue weighted by atomic mass is 16.2. The molecule has 1 amide bonds. The Morgan fingerprint density at radius 1 is 1.35 bits per heavy atom. The van der Waals surface area contributed by atoms with E-state index in [0.717, 1.165) is 38.2 Å². The maximum atomic E-state index is 12.6. The molecular weight excluding hydrogens is 330 g/mol. The largest absolute Gasteiger partial charge is 0.338 e. The molecule has 0 saturated carbocycles. The number of likely N-dealkylation sites (tertiary alicyclic amines) is 1. The molecule has 0 atom stereocenters. The quantitative estimate of drug-likeness (QED) is 0.851. The molecule has 0 aliphatic carbocycles. The Morgan fingerprint density at radius 2 is 2.12 bits per heavy atom. The van der Waals surface area contributed by atoms with Crippen molar-refractivity contribution in [2.24, 2.45) is 0 Å². The van der Waals surface area contributed by atoms with Gasteiger partial charge in [-0.3, -0.25) is 9.59 Å². The van der Waals surface area contributed by atoms with E-state index in [9.17, 15) is 9.59 Å². The molecule has 1 aliphatic rings. The van der Waals surface area contributed by atoms with E-state index in [0.29, 0.717) is 19.0 Å². The zero-order valence-corrected chi connectivity index (χ0v) is 15.5. The van der Waals surface area contributed by atoms with Gasteiger partial charge in [0.15, 0.2) is 0 Å². The van der Waals surface area contributed by atoms with E-state index in [1.807, 2.05) is 12.4 Å². The SMILES string of the molecule is CN(C)CCCn1ccnc1C1CCN(C(=O)c2ccc[nH]c2=O)CC1. The molecule has 1 fully saturated rings. The van der Waals surface area contributed by atoms with Gasteiger partial charge in [0, 0.05) is 44.1 Å².